The molecule has 15 heavy (non-hydrogen) atoms. The average Bonchev–Trinajstić information content (AvgIpc) is 2.14. The maximum atomic E-state index is 11.9. The Balaban J connectivity index is 4.42. The molecule has 0 aliphatic heterocycles. The van der Waals surface area contributed by atoms with E-state index >= 15 is 0 Å². The van der Waals surface area contributed by atoms with Gasteiger partial charge in [0.1, 0.15) is 6.04 Å². The third-order valence-electron chi connectivity index (χ3n) is 1.45. The maximum Gasteiger partial charge on any atom is 0.471 e. The second-order valence-electron chi connectivity index (χ2n) is 2.52. The number of esters is 1. The van der Waals surface area contributed by atoms with Crippen molar-refractivity contribution in [3.05, 3.63) is 0 Å². The van der Waals surface area contributed by atoms with Crippen LogP contribution in [0.4, 0.5) is 13.2 Å². The molecule has 0 rings (SSSR count). The summed E-state index contributed by atoms with van der Waals surface area (Å²) in [6.45, 7) is 0. The molecule has 0 unspecified atom stereocenters. The average molecular weight is 339 g/mol. The van der Waals surface area contributed by atoms with Gasteiger partial charge in [-0.05, 0) is 6.42 Å². The lowest BCUT2D eigenvalue weighted by Crippen LogP contribution is -2.47. The van der Waals surface area contributed by atoms with Gasteiger partial charge in [-0.1, -0.05) is 22.6 Å². The molecule has 0 aromatic carbocycles. The lowest BCUT2D eigenvalue weighted by Gasteiger charge is -2.16. The molecule has 0 saturated heterocycles. The summed E-state index contributed by atoms with van der Waals surface area (Å²) in [6, 6.07) is -1.25. The Labute approximate surface area is 97.7 Å². The molecule has 0 aromatic rings. The van der Waals surface area contributed by atoms with Gasteiger partial charge in [-0.15, -0.1) is 0 Å². The molecule has 0 aromatic heterocycles. The minimum Gasteiger partial charge on any atom is -0.467 e. The third-order valence-corrected chi connectivity index (χ3v) is 2.07. The molecule has 0 saturated carbocycles. The van der Waals surface area contributed by atoms with E-state index in [2.05, 4.69) is 4.74 Å². The molecule has 4 nitrogen and oxygen atoms in total. The molecule has 0 radical (unpaired) electrons. The highest BCUT2D eigenvalue weighted by atomic mass is 127. The summed E-state index contributed by atoms with van der Waals surface area (Å²) in [5, 5.41) is 1.57. The summed E-state index contributed by atoms with van der Waals surface area (Å²) in [5.74, 6) is -3.02. The van der Waals surface area contributed by atoms with Crippen molar-refractivity contribution in [2.75, 3.05) is 11.5 Å². The second-order valence-corrected chi connectivity index (χ2v) is 3.60. The first-order valence-electron chi connectivity index (χ1n) is 3.84. The first-order chi connectivity index (χ1) is 6.82. The third kappa shape index (κ3) is 5.19. The molecular formula is C7H9F3INO3. The van der Waals surface area contributed by atoms with E-state index in [9.17, 15) is 22.8 Å². The fourth-order valence-corrected chi connectivity index (χ4v) is 1.36. The first-order valence-corrected chi connectivity index (χ1v) is 5.37. The number of halogens is 4. The molecule has 1 atom stereocenters. The van der Waals surface area contributed by atoms with Gasteiger partial charge in [0.05, 0.1) is 7.11 Å². The highest BCUT2D eigenvalue weighted by molar-refractivity contribution is 14.1. The van der Waals surface area contributed by atoms with Crippen LogP contribution in [0.3, 0.4) is 0 Å². The molecule has 0 fully saturated rings. The number of hydrogen-bond acceptors (Lipinski definition) is 3. The fraction of sp³-hybridized carbons (Fsp3) is 0.714. The van der Waals surface area contributed by atoms with Crippen molar-refractivity contribution in [3.8, 4) is 0 Å². The Bertz CT molecular complexity index is 244. The molecule has 0 aliphatic carbocycles. The number of rotatable bonds is 4. The zero-order valence-electron chi connectivity index (χ0n) is 7.73. The maximum absolute atomic E-state index is 11.9. The lowest BCUT2D eigenvalue weighted by atomic mass is 10.2. The molecule has 1 amide bonds. The number of carbonyl (C=O) groups excluding carboxylic acids is 2. The Morgan fingerprint density at radius 3 is 2.33 bits per heavy atom. The monoisotopic (exact) mass is 339 g/mol. The van der Waals surface area contributed by atoms with Gasteiger partial charge in [0.25, 0.3) is 0 Å². The van der Waals surface area contributed by atoms with Gasteiger partial charge in [-0.3, -0.25) is 4.79 Å². The van der Waals surface area contributed by atoms with Crippen LogP contribution >= 0.6 is 22.6 Å². The summed E-state index contributed by atoms with van der Waals surface area (Å²) in [7, 11) is 1.04. The molecule has 0 heterocycles. The van der Waals surface area contributed by atoms with Crippen molar-refractivity contribution in [3.63, 3.8) is 0 Å². The molecule has 8 heteroatoms. The largest absolute Gasteiger partial charge is 0.471 e. The molecule has 0 aliphatic rings. The number of alkyl halides is 4. The van der Waals surface area contributed by atoms with Crippen molar-refractivity contribution < 1.29 is 27.5 Å². The van der Waals surface area contributed by atoms with Gasteiger partial charge in [-0.25, -0.2) is 4.79 Å². The number of amides is 1. The van der Waals surface area contributed by atoms with E-state index in [0.29, 0.717) is 4.43 Å². The Hall–Kier alpha value is -0.540. The van der Waals surface area contributed by atoms with Crippen LogP contribution in [0.25, 0.3) is 0 Å². The predicted molar refractivity (Wildman–Crippen MR) is 53.5 cm³/mol. The number of carbonyl (C=O) groups is 2. The van der Waals surface area contributed by atoms with Crippen molar-refractivity contribution >= 4 is 34.5 Å². The van der Waals surface area contributed by atoms with E-state index in [1.54, 1.807) is 5.32 Å². The van der Waals surface area contributed by atoms with Gasteiger partial charge >= 0.3 is 18.1 Å². The zero-order chi connectivity index (χ0) is 12.1. The second kappa shape index (κ2) is 6.13. The van der Waals surface area contributed by atoms with Crippen LogP contribution < -0.4 is 5.32 Å². The summed E-state index contributed by atoms with van der Waals surface area (Å²) >= 11 is 1.88. The van der Waals surface area contributed by atoms with E-state index in [-0.39, 0.29) is 6.42 Å². The number of methoxy groups -OCH3 is 1. The van der Waals surface area contributed by atoms with E-state index in [0.717, 1.165) is 7.11 Å². The summed E-state index contributed by atoms with van der Waals surface area (Å²) in [4.78, 5) is 21.5. The van der Waals surface area contributed by atoms with E-state index < -0.39 is 24.1 Å². The van der Waals surface area contributed by atoms with Gasteiger partial charge < -0.3 is 10.1 Å². The van der Waals surface area contributed by atoms with Crippen LogP contribution in [0, 0.1) is 0 Å². The highest BCUT2D eigenvalue weighted by Crippen LogP contribution is 2.15. The molecule has 0 spiro atoms. The quantitative estimate of drug-likeness (QED) is 0.473. The van der Waals surface area contributed by atoms with E-state index in [1.165, 1.54) is 0 Å². The minimum atomic E-state index is -4.99. The molecular weight excluding hydrogens is 330 g/mol. The summed E-state index contributed by atoms with van der Waals surface area (Å²) in [6.07, 6.45) is -4.90. The Kier molecular flexibility index (Phi) is 5.91. The zero-order valence-corrected chi connectivity index (χ0v) is 9.89. The predicted octanol–water partition coefficient (Wildman–Crippen LogP) is 1.03. The van der Waals surface area contributed by atoms with Gasteiger partial charge in [-0.2, -0.15) is 13.2 Å². The Morgan fingerprint density at radius 1 is 1.47 bits per heavy atom. The lowest BCUT2D eigenvalue weighted by molar-refractivity contribution is -0.175. The minimum absolute atomic E-state index is 0.0923. The van der Waals surface area contributed by atoms with Crippen molar-refractivity contribution in [1.82, 2.24) is 5.32 Å². The summed E-state index contributed by atoms with van der Waals surface area (Å²) in [5.41, 5.74) is 0. The van der Waals surface area contributed by atoms with Gasteiger partial charge in [0, 0.05) is 4.43 Å². The first kappa shape index (κ1) is 14.5. The van der Waals surface area contributed by atoms with Crippen LogP contribution in [0.1, 0.15) is 6.42 Å². The molecule has 0 bridgehead atoms. The SMILES string of the molecule is COC(=O)[C@H](CCI)NC(=O)C(F)(F)F. The normalized spacial score (nSPS) is 13.1. The van der Waals surface area contributed by atoms with Crippen LogP contribution in [0.15, 0.2) is 0 Å². The standard InChI is InChI=1S/C7H9F3INO3/c1-15-5(13)4(2-3-11)12-6(14)7(8,9)10/h4H,2-3H2,1H3,(H,12,14)/t4-/m0/s1. The van der Waals surface area contributed by atoms with Crippen LogP contribution in [0.5, 0.6) is 0 Å². The topological polar surface area (TPSA) is 55.4 Å². The highest BCUT2D eigenvalue weighted by Gasteiger charge is 2.40. The van der Waals surface area contributed by atoms with Crippen molar-refractivity contribution in [1.29, 1.82) is 0 Å². The van der Waals surface area contributed by atoms with Crippen LogP contribution in [-0.4, -0.2) is 35.6 Å². The van der Waals surface area contributed by atoms with Crippen LogP contribution in [-0.2, 0) is 14.3 Å². The fourth-order valence-electron chi connectivity index (χ4n) is 0.740. The number of nitrogens with one attached hydrogen (secondary N) is 1. The summed E-state index contributed by atoms with van der Waals surface area (Å²) < 4.78 is 40.2. The van der Waals surface area contributed by atoms with E-state index in [4.69, 9.17) is 0 Å². The van der Waals surface area contributed by atoms with E-state index in [1.807, 2.05) is 22.6 Å². The van der Waals surface area contributed by atoms with Crippen molar-refractivity contribution in [2.45, 2.75) is 18.6 Å². The van der Waals surface area contributed by atoms with Gasteiger partial charge in [0.15, 0.2) is 0 Å². The Morgan fingerprint density at radius 2 is 2.00 bits per heavy atom. The molecule has 1 N–H and O–H groups in total. The smallest absolute Gasteiger partial charge is 0.467 e. The van der Waals surface area contributed by atoms with Crippen molar-refractivity contribution in [2.24, 2.45) is 0 Å². The number of hydrogen-bond donors (Lipinski definition) is 1. The van der Waals surface area contributed by atoms with Crippen LogP contribution in [0.2, 0.25) is 0 Å². The molecule has 88 valence electrons. The van der Waals surface area contributed by atoms with Gasteiger partial charge in [0.2, 0.25) is 0 Å². The number of ether oxygens (including phenoxy) is 1.